The topological polar surface area (TPSA) is 59.6 Å². The van der Waals surface area contributed by atoms with Gasteiger partial charge in [0.2, 0.25) is 12.7 Å². The van der Waals surface area contributed by atoms with Crippen LogP contribution in [-0.4, -0.2) is 25.8 Å². The van der Waals surface area contributed by atoms with Gasteiger partial charge in [-0.3, -0.25) is 4.79 Å². The third kappa shape index (κ3) is 4.13. The molecular formula is C17H24N2O3. The first-order valence-electron chi connectivity index (χ1n) is 8.17. The lowest BCUT2D eigenvalue weighted by Gasteiger charge is -2.21. The van der Waals surface area contributed by atoms with E-state index in [0.717, 1.165) is 29.5 Å². The molecule has 1 aromatic carbocycles. The first-order chi connectivity index (χ1) is 10.8. The van der Waals surface area contributed by atoms with Crippen LogP contribution in [0.3, 0.4) is 0 Å². The summed E-state index contributed by atoms with van der Waals surface area (Å²) in [6, 6.07) is 5.74. The normalized spacial score (nSPS) is 17.5. The standard InChI is InChI=1S/C17H24N2O3/c20-17(11-18-9-13-4-2-1-3-5-13)19-10-14-6-7-15-16(8-14)22-12-21-15/h6-8,13,18H,1-5,9-12H2,(H,19,20). The van der Waals surface area contributed by atoms with Crippen molar-refractivity contribution in [2.45, 2.75) is 38.6 Å². The Morgan fingerprint density at radius 3 is 2.82 bits per heavy atom. The Balaban J connectivity index is 1.35. The number of carbonyl (C=O) groups excluding carboxylic acids is 1. The van der Waals surface area contributed by atoms with Crippen LogP contribution in [0.4, 0.5) is 0 Å². The van der Waals surface area contributed by atoms with Gasteiger partial charge in [0, 0.05) is 6.54 Å². The van der Waals surface area contributed by atoms with Crippen LogP contribution < -0.4 is 20.1 Å². The molecule has 22 heavy (non-hydrogen) atoms. The molecule has 0 unspecified atom stereocenters. The highest BCUT2D eigenvalue weighted by Gasteiger charge is 2.14. The van der Waals surface area contributed by atoms with Crippen LogP contribution in [0, 0.1) is 5.92 Å². The van der Waals surface area contributed by atoms with Gasteiger partial charge in [0.25, 0.3) is 0 Å². The molecule has 1 aliphatic heterocycles. The summed E-state index contributed by atoms with van der Waals surface area (Å²) in [7, 11) is 0. The molecule has 0 bridgehead atoms. The Morgan fingerprint density at radius 1 is 1.14 bits per heavy atom. The average Bonchev–Trinajstić information content (AvgIpc) is 3.01. The maximum atomic E-state index is 11.9. The van der Waals surface area contributed by atoms with Crippen molar-refractivity contribution >= 4 is 5.91 Å². The molecule has 0 aromatic heterocycles. The summed E-state index contributed by atoms with van der Waals surface area (Å²) >= 11 is 0. The minimum atomic E-state index is 0.0356. The Morgan fingerprint density at radius 2 is 1.95 bits per heavy atom. The van der Waals surface area contributed by atoms with Gasteiger partial charge in [-0.1, -0.05) is 25.3 Å². The Hall–Kier alpha value is -1.75. The van der Waals surface area contributed by atoms with E-state index in [1.54, 1.807) is 0 Å². The fourth-order valence-corrected chi connectivity index (χ4v) is 3.10. The van der Waals surface area contributed by atoms with Crippen molar-refractivity contribution in [2.75, 3.05) is 19.9 Å². The molecule has 0 spiro atoms. The summed E-state index contributed by atoms with van der Waals surface area (Å²) in [4.78, 5) is 11.9. The number of amides is 1. The maximum absolute atomic E-state index is 11.9. The third-order valence-corrected chi connectivity index (χ3v) is 4.37. The Kier molecular flexibility index (Phi) is 5.16. The van der Waals surface area contributed by atoms with Crippen LogP contribution in [0.2, 0.25) is 0 Å². The number of fused-ring (bicyclic) bond motifs is 1. The molecule has 2 aliphatic rings. The summed E-state index contributed by atoms with van der Waals surface area (Å²) in [6.07, 6.45) is 6.63. The van der Waals surface area contributed by atoms with E-state index in [0.29, 0.717) is 13.1 Å². The molecule has 1 fully saturated rings. The van der Waals surface area contributed by atoms with Gasteiger partial charge in [0.05, 0.1) is 6.54 Å². The van der Waals surface area contributed by atoms with Gasteiger partial charge in [-0.25, -0.2) is 0 Å². The Labute approximate surface area is 131 Å². The van der Waals surface area contributed by atoms with Crippen molar-refractivity contribution in [1.29, 1.82) is 0 Å². The predicted octanol–water partition coefficient (Wildman–Crippen LogP) is 2.20. The van der Waals surface area contributed by atoms with Crippen molar-refractivity contribution in [3.63, 3.8) is 0 Å². The first-order valence-corrected chi connectivity index (χ1v) is 8.17. The summed E-state index contributed by atoms with van der Waals surface area (Å²) in [5.41, 5.74) is 1.02. The van der Waals surface area contributed by atoms with Crippen molar-refractivity contribution < 1.29 is 14.3 Å². The first kappa shape index (κ1) is 15.2. The lowest BCUT2D eigenvalue weighted by atomic mass is 9.89. The van der Waals surface area contributed by atoms with Gasteiger partial charge < -0.3 is 20.1 Å². The number of rotatable bonds is 6. The molecule has 1 aliphatic carbocycles. The number of carbonyl (C=O) groups is 1. The van der Waals surface area contributed by atoms with Crippen LogP contribution in [0.25, 0.3) is 0 Å². The second-order valence-corrected chi connectivity index (χ2v) is 6.10. The van der Waals surface area contributed by atoms with Crippen LogP contribution in [0.5, 0.6) is 11.5 Å². The molecule has 2 N–H and O–H groups in total. The molecular weight excluding hydrogens is 280 g/mol. The minimum absolute atomic E-state index is 0.0356. The van der Waals surface area contributed by atoms with Gasteiger partial charge in [-0.15, -0.1) is 0 Å². The second kappa shape index (κ2) is 7.49. The quantitative estimate of drug-likeness (QED) is 0.846. The summed E-state index contributed by atoms with van der Waals surface area (Å²) in [5.74, 6) is 2.30. The third-order valence-electron chi connectivity index (χ3n) is 4.37. The fraction of sp³-hybridized carbons (Fsp3) is 0.588. The van der Waals surface area contributed by atoms with Crippen molar-refractivity contribution in [3.05, 3.63) is 23.8 Å². The predicted molar refractivity (Wildman–Crippen MR) is 83.9 cm³/mol. The zero-order chi connectivity index (χ0) is 15.2. The van der Waals surface area contributed by atoms with E-state index in [1.807, 2.05) is 18.2 Å². The SMILES string of the molecule is O=C(CNCC1CCCCC1)NCc1ccc2c(c1)OCO2. The number of hydrogen-bond donors (Lipinski definition) is 2. The zero-order valence-electron chi connectivity index (χ0n) is 12.9. The number of hydrogen-bond acceptors (Lipinski definition) is 4. The molecule has 120 valence electrons. The molecule has 0 atom stereocenters. The second-order valence-electron chi connectivity index (χ2n) is 6.10. The van der Waals surface area contributed by atoms with E-state index in [2.05, 4.69) is 10.6 Å². The van der Waals surface area contributed by atoms with Gasteiger partial charge in [0.1, 0.15) is 0 Å². The fourth-order valence-electron chi connectivity index (χ4n) is 3.10. The monoisotopic (exact) mass is 304 g/mol. The highest BCUT2D eigenvalue weighted by molar-refractivity contribution is 5.78. The molecule has 1 aromatic rings. The van der Waals surface area contributed by atoms with Crippen LogP contribution in [0.1, 0.15) is 37.7 Å². The summed E-state index contributed by atoms with van der Waals surface area (Å²) in [5, 5.41) is 6.21. The maximum Gasteiger partial charge on any atom is 0.234 e. The van der Waals surface area contributed by atoms with E-state index in [-0.39, 0.29) is 12.7 Å². The van der Waals surface area contributed by atoms with Crippen molar-refractivity contribution in [2.24, 2.45) is 5.92 Å². The van der Waals surface area contributed by atoms with Crippen LogP contribution in [-0.2, 0) is 11.3 Å². The number of ether oxygens (including phenoxy) is 2. The molecule has 5 heteroatoms. The zero-order valence-corrected chi connectivity index (χ0v) is 12.9. The van der Waals surface area contributed by atoms with E-state index in [1.165, 1.54) is 32.1 Å². The lowest BCUT2D eigenvalue weighted by Crippen LogP contribution is -2.36. The summed E-state index contributed by atoms with van der Waals surface area (Å²) < 4.78 is 10.6. The highest BCUT2D eigenvalue weighted by atomic mass is 16.7. The van der Waals surface area contributed by atoms with Gasteiger partial charge in [-0.05, 0) is 43.0 Å². The molecule has 5 nitrogen and oxygen atoms in total. The van der Waals surface area contributed by atoms with E-state index in [9.17, 15) is 4.79 Å². The molecule has 0 saturated heterocycles. The minimum Gasteiger partial charge on any atom is -0.454 e. The largest absolute Gasteiger partial charge is 0.454 e. The number of benzene rings is 1. The van der Waals surface area contributed by atoms with E-state index in [4.69, 9.17) is 9.47 Å². The molecule has 1 saturated carbocycles. The van der Waals surface area contributed by atoms with Crippen molar-refractivity contribution in [1.82, 2.24) is 10.6 Å². The van der Waals surface area contributed by atoms with Gasteiger partial charge >= 0.3 is 0 Å². The van der Waals surface area contributed by atoms with Gasteiger partial charge in [-0.2, -0.15) is 0 Å². The molecule has 0 radical (unpaired) electrons. The van der Waals surface area contributed by atoms with Gasteiger partial charge in [0.15, 0.2) is 11.5 Å². The van der Waals surface area contributed by atoms with Crippen LogP contribution >= 0.6 is 0 Å². The highest BCUT2D eigenvalue weighted by Crippen LogP contribution is 2.32. The molecule has 1 amide bonds. The molecule has 3 rings (SSSR count). The lowest BCUT2D eigenvalue weighted by molar-refractivity contribution is -0.120. The average molecular weight is 304 g/mol. The molecule has 1 heterocycles. The van der Waals surface area contributed by atoms with E-state index < -0.39 is 0 Å². The Bertz CT molecular complexity index is 513. The van der Waals surface area contributed by atoms with Crippen LogP contribution in [0.15, 0.2) is 18.2 Å². The van der Waals surface area contributed by atoms with E-state index >= 15 is 0 Å². The summed E-state index contributed by atoms with van der Waals surface area (Å²) in [6.45, 7) is 2.13. The smallest absolute Gasteiger partial charge is 0.234 e. The number of nitrogens with one attached hydrogen (secondary N) is 2. The van der Waals surface area contributed by atoms with Crippen molar-refractivity contribution in [3.8, 4) is 11.5 Å².